The molecule has 0 bridgehead atoms. The zero-order valence-corrected chi connectivity index (χ0v) is 6.87. The second-order valence-corrected chi connectivity index (χ2v) is 2.35. The van der Waals surface area contributed by atoms with Gasteiger partial charge in [0, 0.05) is 0 Å². The number of methoxy groups -OCH3 is 1. The van der Waals surface area contributed by atoms with Crippen LogP contribution in [-0.4, -0.2) is 18.2 Å². The average molecular weight is 185 g/mol. The molecule has 0 atom stereocenters. The Hall–Kier alpha value is -1.78. The fourth-order valence-corrected chi connectivity index (χ4v) is 0.964. The Balaban J connectivity index is 3.38. The highest BCUT2D eigenvalue weighted by atomic mass is 19.1. The van der Waals surface area contributed by atoms with Crippen LogP contribution in [0.15, 0.2) is 12.1 Å². The Morgan fingerprint density at radius 3 is 2.69 bits per heavy atom. The summed E-state index contributed by atoms with van der Waals surface area (Å²) in [5, 5.41) is 8.65. The van der Waals surface area contributed by atoms with Gasteiger partial charge in [-0.3, -0.25) is 0 Å². The number of anilines is 1. The quantitative estimate of drug-likeness (QED) is 0.677. The number of nitrogen functional groups attached to an aromatic ring is 1. The van der Waals surface area contributed by atoms with Crippen LogP contribution in [0.2, 0.25) is 0 Å². The fraction of sp³-hybridized carbons (Fsp3) is 0.125. The van der Waals surface area contributed by atoms with E-state index in [2.05, 4.69) is 4.74 Å². The number of carboxylic acids is 1. The van der Waals surface area contributed by atoms with Crippen molar-refractivity contribution in [3.8, 4) is 5.75 Å². The van der Waals surface area contributed by atoms with Crippen molar-refractivity contribution in [2.75, 3.05) is 12.8 Å². The van der Waals surface area contributed by atoms with Crippen LogP contribution in [0.1, 0.15) is 10.4 Å². The second kappa shape index (κ2) is 3.30. The average Bonchev–Trinajstić information content (AvgIpc) is 2.09. The highest BCUT2D eigenvalue weighted by Gasteiger charge is 2.16. The van der Waals surface area contributed by atoms with Gasteiger partial charge in [0.25, 0.3) is 0 Å². The van der Waals surface area contributed by atoms with Gasteiger partial charge in [0.1, 0.15) is 17.1 Å². The van der Waals surface area contributed by atoms with Crippen LogP contribution in [0.5, 0.6) is 5.75 Å². The van der Waals surface area contributed by atoms with E-state index in [0.29, 0.717) is 0 Å². The number of halogens is 1. The van der Waals surface area contributed by atoms with Crippen molar-refractivity contribution in [3.05, 3.63) is 23.5 Å². The molecule has 1 aromatic carbocycles. The number of carbonyl (C=O) groups is 1. The molecule has 3 N–H and O–H groups in total. The first kappa shape index (κ1) is 9.31. The maximum absolute atomic E-state index is 12.8. The number of rotatable bonds is 2. The molecule has 0 aliphatic carbocycles. The molecule has 1 rings (SSSR count). The zero-order valence-electron chi connectivity index (χ0n) is 6.87. The van der Waals surface area contributed by atoms with Crippen LogP contribution in [0, 0.1) is 5.82 Å². The van der Waals surface area contributed by atoms with Crippen molar-refractivity contribution < 1.29 is 19.0 Å². The minimum absolute atomic E-state index is 0.146. The summed E-state index contributed by atoms with van der Waals surface area (Å²) in [6, 6.07) is 2.09. The summed E-state index contributed by atoms with van der Waals surface area (Å²) in [5.41, 5.74) is 4.83. The van der Waals surface area contributed by atoms with Crippen LogP contribution in [0.3, 0.4) is 0 Å². The van der Waals surface area contributed by atoms with E-state index in [4.69, 9.17) is 10.8 Å². The lowest BCUT2D eigenvalue weighted by molar-refractivity contribution is 0.0693. The Labute approximate surface area is 73.7 Å². The summed E-state index contributed by atoms with van der Waals surface area (Å²) >= 11 is 0. The SMILES string of the molecule is COc1c(C(=O)O)ccc(F)c1N. The zero-order chi connectivity index (χ0) is 10.0. The van der Waals surface area contributed by atoms with Crippen molar-refractivity contribution in [2.45, 2.75) is 0 Å². The number of nitrogens with two attached hydrogens (primary N) is 1. The van der Waals surface area contributed by atoms with Crippen LogP contribution >= 0.6 is 0 Å². The first-order valence-electron chi connectivity index (χ1n) is 3.43. The van der Waals surface area contributed by atoms with E-state index in [0.717, 1.165) is 12.1 Å². The maximum atomic E-state index is 12.8. The molecule has 0 unspecified atom stereocenters. The van der Waals surface area contributed by atoms with Crippen molar-refractivity contribution in [3.63, 3.8) is 0 Å². The van der Waals surface area contributed by atoms with E-state index < -0.39 is 11.8 Å². The topological polar surface area (TPSA) is 72.5 Å². The molecule has 0 fully saturated rings. The van der Waals surface area contributed by atoms with E-state index in [1.54, 1.807) is 0 Å². The third-order valence-corrected chi connectivity index (χ3v) is 1.58. The molecular formula is C8H8FNO3. The minimum atomic E-state index is -1.21. The molecule has 0 spiro atoms. The molecule has 0 saturated carbocycles. The van der Waals surface area contributed by atoms with Gasteiger partial charge >= 0.3 is 5.97 Å². The predicted octanol–water partition coefficient (Wildman–Crippen LogP) is 1.11. The smallest absolute Gasteiger partial charge is 0.339 e. The highest BCUT2D eigenvalue weighted by molar-refractivity contribution is 5.93. The molecule has 0 aliphatic heterocycles. The van der Waals surface area contributed by atoms with Gasteiger partial charge in [-0.1, -0.05) is 0 Å². The van der Waals surface area contributed by atoms with Gasteiger partial charge in [-0.15, -0.1) is 0 Å². The van der Waals surface area contributed by atoms with Crippen LogP contribution in [-0.2, 0) is 0 Å². The van der Waals surface area contributed by atoms with E-state index in [9.17, 15) is 9.18 Å². The highest BCUT2D eigenvalue weighted by Crippen LogP contribution is 2.28. The number of carboxylic acid groups (broad SMARTS) is 1. The van der Waals surface area contributed by atoms with E-state index in [1.807, 2.05) is 0 Å². The first-order valence-corrected chi connectivity index (χ1v) is 3.43. The van der Waals surface area contributed by atoms with Gasteiger partial charge in [-0.2, -0.15) is 0 Å². The van der Waals surface area contributed by atoms with Crippen molar-refractivity contribution in [1.82, 2.24) is 0 Å². The molecule has 0 aliphatic rings. The second-order valence-electron chi connectivity index (χ2n) is 2.35. The molecule has 4 nitrogen and oxygen atoms in total. The van der Waals surface area contributed by atoms with Gasteiger partial charge in [0.05, 0.1) is 7.11 Å². The van der Waals surface area contributed by atoms with Gasteiger partial charge < -0.3 is 15.6 Å². The standard InChI is InChI=1S/C8H8FNO3/c1-13-7-4(8(11)12)2-3-5(9)6(7)10/h2-3H,10H2,1H3,(H,11,12). The van der Waals surface area contributed by atoms with Crippen molar-refractivity contribution in [1.29, 1.82) is 0 Å². The van der Waals surface area contributed by atoms with Gasteiger partial charge in [0.2, 0.25) is 0 Å². The van der Waals surface area contributed by atoms with Crippen molar-refractivity contribution in [2.24, 2.45) is 0 Å². The lowest BCUT2D eigenvalue weighted by Crippen LogP contribution is -2.04. The molecule has 70 valence electrons. The molecule has 1 aromatic rings. The third kappa shape index (κ3) is 1.53. The maximum Gasteiger partial charge on any atom is 0.339 e. The Morgan fingerprint density at radius 1 is 1.62 bits per heavy atom. The van der Waals surface area contributed by atoms with Gasteiger partial charge in [0.15, 0.2) is 5.75 Å². The number of hydrogen-bond donors (Lipinski definition) is 2. The Kier molecular flexibility index (Phi) is 2.36. The summed E-state index contributed by atoms with van der Waals surface area (Å²) in [5.74, 6) is -2.04. The number of hydrogen-bond acceptors (Lipinski definition) is 3. The molecule has 0 saturated heterocycles. The van der Waals surface area contributed by atoms with E-state index >= 15 is 0 Å². The largest absolute Gasteiger partial charge is 0.494 e. The first-order chi connectivity index (χ1) is 6.07. The Morgan fingerprint density at radius 2 is 2.23 bits per heavy atom. The third-order valence-electron chi connectivity index (χ3n) is 1.58. The summed E-state index contributed by atoms with van der Waals surface area (Å²) in [6.45, 7) is 0. The molecule has 0 amide bonds. The lowest BCUT2D eigenvalue weighted by atomic mass is 10.1. The molecule has 0 aromatic heterocycles. The molecule has 0 radical (unpaired) electrons. The van der Waals surface area contributed by atoms with Crippen LogP contribution in [0.4, 0.5) is 10.1 Å². The Bertz CT molecular complexity index is 351. The van der Waals surface area contributed by atoms with Crippen LogP contribution in [0.25, 0.3) is 0 Å². The summed E-state index contributed by atoms with van der Waals surface area (Å²) < 4.78 is 17.5. The van der Waals surface area contributed by atoms with E-state index in [-0.39, 0.29) is 17.0 Å². The lowest BCUT2D eigenvalue weighted by Gasteiger charge is -2.07. The number of benzene rings is 1. The monoisotopic (exact) mass is 185 g/mol. The predicted molar refractivity (Wildman–Crippen MR) is 44.3 cm³/mol. The molecule has 5 heteroatoms. The molecule has 13 heavy (non-hydrogen) atoms. The van der Waals surface area contributed by atoms with Crippen molar-refractivity contribution >= 4 is 11.7 Å². The number of aromatic carboxylic acids is 1. The van der Waals surface area contributed by atoms with Gasteiger partial charge in [-0.05, 0) is 12.1 Å². The number of ether oxygens (including phenoxy) is 1. The fourth-order valence-electron chi connectivity index (χ4n) is 0.964. The van der Waals surface area contributed by atoms with Gasteiger partial charge in [-0.25, -0.2) is 9.18 Å². The van der Waals surface area contributed by atoms with E-state index in [1.165, 1.54) is 7.11 Å². The summed E-state index contributed by atoms with van der Waals surface area (Å²) in [6.07, 6.45) is 0. The van der Waals surface area contributed by atoms with Crippen LogP contribution < -0.4 is 10.5 Å². The molecule has 0 heterocycles. The summed E-state index contributed by atoms with van der Waals surface area (Å²) in [7, 11) is 1.23. The minimum Gasteiger partial charge on any atom is -0.494 e. The normalized spacial score (nSPS) is 9.69. The molecular weight excluding hydrogens is 177 g/mol. The summed E-state index contributed by atoms with van der Waals surface area (Å²) in [4.78, 5) is 10.6.